The number of benzene rings is 1. The van der Waals surface area contributed by atoms with Crippen molar-refractivity contribution in [2.45, 2.75) is 45.1 Å². The number of halogens is 1. The quantitative estimate of drug-likeness (QED) is 0.646. The highest BCUT2D eigenvalue weighted by molar-refractivity contribution is 5.95. The average Bonchev–Trinajstić information content (AvgIpc) is 2.41. The van der Waals surface area contributed by atoms with E-state index >= 15 is 0 Å². The van der Waals surface area contributed by atoms with Crippen LogP contribution in [-0.4, -0.2) is 11.9 Å². The first-order chi connectivity index (χ1) is 9.11. The third-order valence-electron chi connectivity index (χ3n) is 3.88. The van der Waals surface area contributed by atoms with Gasteiger partial charge in [0.1, 0.15) is 11.9 Å². The molecule has 1 aliphatic rings. The van der Waals surface area contributed by atoms with Crippen LogP contribution in [0.5, 0.6) is 5.75 Å². The first-order valence-electron chi connectivity index (χ1n) is 6.92. The molecule has 2 atom stereocenters. The monoisotopic (exact) mass is 264 g/mol. The predicted octanol–water partition coefficient (Wildman–Crippen LogP) is 3.46. The molecule has 4 heteroatoms. The predicted molar refractivity (Wildman–Crippen MR) is 74.1 cm³/mol. The summed E-state index contributed by atoms with van der Waals surface area (Å²) in [7, 11) is 0. The van der Waals surface area contributed by atoms with E-state index in [0.29, 0.717) is 11.5 Å². The van der Waals surface area contributed by atoms with Gasteiger partial charge >= 0.3 is 0 Å². The van der Waals surface area contributed by atoms with Crippen molar-refractivity contribution in [3.8, 4) is 5.75 Å². The average molecular weight is 264 g/mol. The number of amidine groups is 1. The summed E-state index contributed by atoms with van der Waals surface area (Å²) in [5, 5.41) is 7.29. The van der Waals surface area contributed by atoms with Gasteiger partial charge in [0.25, 0.3) is 0 Å². The SMILES string of the molecule is CCC1CCCCC1Oc1ccc(C(=N)N)cc1F. The van der Waals surface area contributed by atoms with E-state index in [0.717, 1.165) is 25.7 Å². The molecule has 1 aromatic rings. The van der Waals surface area contributed by atoms with E-state index in [2.05, 4.69) is 6.92 Å². The summed E-state index contributed by atoms with van der Waals surface area (Å²) in [6, 6.07) is 4.47. The molecule has 19 heavy (non-hydrogen) atoms. The molecule has 0 aromatic heterocycles. The summed E-state index contributed by atoms with van der Waals surface area (Å²) in [4.78, 5) is 0. The van der Waals surface area contributed by atoms with Crippen molar-refractivity contribution in [1.29, 1.82) is 5.41 Å². The molecule has 0 heterocycles. The summed E-state index contributed by atoms with van der Waals surface area (Å²) in [5.41, 5.74) is 5.73. The molecule has 2 rings (SSSR count). The van der Waals surface area contributed by atoms with Crippen molar-refractivity contribution in [1.82, 2.24) is 0 Å². The molecule has 3 nitrogen and oxygen atoms in total. The molecule has 3 N–H and O–H groups in total. The summed E-state index contributed by atoms with van der Waals surface area (Å²) >= 11 is 0. The van der Waals surface area contributed by atoms with Gasteiger partial charge in [-0.25, -0.2) is 4.39 Å². The van der Waals surface area contributed by atoms with Crippen molar-refractivity contribution in [3.63, 3.8) is 0 Å². The Balaban J connectivity index is 2.11. The smallest absolute Gasteiger partial charge is 0.165 e. The second-order valence-corrected chi connectivity index (χ2v) is 5.17. The van der Waals surface area contributed by atoms with Crippen molar-refractivity contribution in [2.75, 3.05) is 0 Å². The maximum atomic E-state index is 13.9. The van der Waals surface area contributed by atoms with E-state index in [4.69, 9.17) is 15.9 Å². The van der Waals surface area contributed by atoms with Crippen molar-refractivity contribution < 1.29 is 9.13 Å². The molecule has 1 aromatic carbocycles. The lowest BCUT2D eigenvalue weighted by molar-refractivity contribution is 0.0863. The molecular formula is C15H21FN2O. The molecule has 1 fully saturated rings. The van der Waals surface area contributed by atoms with Gasteiger partial charge in [-0.2, -0.15) is 0 Å². The molecule has 0 spiro atoms. The van der Waals surface area contributed by atoms with Gasteiger partial charge < -0.3 is 10.5 Å². The van der Waals surface area contributed by atoms with Crippen LogP contribution < -0.4 is 10.5 Å². The van der Waals surface area contributed by atoms with Gasteiger partial charge in [-0.05, 0) is 49.8 Å². The number of hydrogen-bond acceptors (Lipinski definition) is 2. The van der Waals surface area contributed by atoms with Crippen LogP contribution in [0.2, 0.25) is 0 Å². The first-order valence-corrected chi connectivity index (χ1v) is 6.92. The lowest BCUT2D eigenvalue weighted by Crippen LogP contribution is -2.30. The lowest BCUT2D eigenvalue weighted by atomic mass is 9.85. The van der Waals surface area contributed by atoms with Crippen LogP contribution in [-0.2, 0) is 0 Å². The molecule has 2 unspecified atom stereocenters. The van der Waals surface area contributed by atoms with Crippen molar-refractivity contribution >= 4 is 5.84 Å². The largest absolute Gasteiger partial charge is 0.487 e. The Morgan fingerprint density at radius 1 is 1.42 bits per heavy atom. The topological polar surface area (TPSA) is 59.1 Å². The zero-order valence-electron chi connectivity index (χ0n) is 11.3. The Labute approximate surface area is 113 Å². The standard InChI is InChI=1S/C15H21FN2O/c1-2-10-5-3-4-6-13(10)19-14-8-7-11(15(17)18)9-12(14)16/h7-10,13H,2-6H2,1H3,(H3,17,18). The van der Waals surface area contributed by atoms with Crippen molar-refractivity contribution in [2.24, 2.45) is 11.7 Å². The van der Waals surface area contributed by atoms with Crippen LogP contribution in [0, 0.1) is 17.1 Å². The van der Waals surface area contributed by atoms with Crippen LogP contribution in [0.3, 0.4) is 0 Å². The zero-order chi connectivity index (χ0) is 13.8. The van der Waals surface area contributed by atoms with E-state index in [1.54, 1.807) is 12.1 Å². The van der Waals surface area contributed by atoms with Gasteiger partial charge in [0.15, 0.2) is 11.6 Å². The third kappa shape index (κ3) is 3.25. The first kappa shape index (κ1) is 13.8. The third-order valence-corrected chi connectivity index (χ3v) is 3.88. The van der Waals surface area contributed by atoms with E-state index in [-0.39, 0.29) is 17.7 Å². The van der Waals surface area contributed by atoms with Crippen LogP contribution >= 0.6 is 0 Å². The Morgan fingerprint density at radius 2 is 2.16 bits per heavy atom. The van der Waals surface area contributed by atoms with E-state index in [9.17, 15) is 4.39 Å². The number of nitrogen functional groups attached to an aromatic ring is 1. The maximum Gasteiger partial charge on any atom is 0.165 e. The van der Waals surface area contributed by atoms with Crippen LogP contribution in [0.1, 0.15) is 44.6 Å². The molecule has 0 bridgehead atoms. The number of nitrogens with two attached hydrogens (primary N) is 1. The fourth-order valence-corrected chi connectivity index (χ4v) is 2.72. The second kappa shape index (κ2) is 6.04. The molecule has 0 aliphatic heterocycles. The molecule has 104 valence electrons. The zero-order valence-corrected chi connectivity index (χ0v) is 11.3. The fraction of sp³-hybridized carbons (Fsp3) is 0.533. The minimum Gasteiger partial charge on any atom is -0.487 e. The molecular weight excluding hydrogens is 243 g/mol. The second-order valence-electron chi connectivity index (χ2n) is 5.17. The Kier molecular flexibility index (Phi) is 4.40. The fourth-order valence-electron chi connectivity index (χ4n) is 2.72. The van der Waals surface area contributed by atoms with Crippen LogP contribution in [0.15, 0.2) is 18.2 Å². The van der Waals surface area contributed by atoms with Crippen molar-refractivity contribution in [3.05, 3.63) is 29.6 Å². The van der Waals surface area contributed by atoms with Gasteiger partial charge in [-0.1, -0.05) is 13.3 Å². The highest BCUT2D eigenvalue weighted by atomic mass is 19.1. The highest BCUT2D eigenvalue weighted by Gasteiger charge is 2.26. The summed E-state index contributed by atoms with van der Waals surface area (Å²) in [6.45, 7) is 2.15. The van der Waals surface area contributed by atoms with Gasteiger partial charge in [-0.15, -0.1) is 0 Å². The van der Waals surface area contributed by atoms with Crippen LogP contribution in [0.4, 0.5) is 4.39 Å². The van der Waals surface area contributed by atoms with Gasteiger partial charge in [0.05, 0.1) is 0 Å². The molecule has 0 radical (unpaired) electrons. The van der Waals surface area contributed by atoms with E-state index < -0.39 is 5.82 Å². The van der Waals surface area contributed by atoms with E-state index in [1.807, 2.05) is 0 Å². The van der Waals surface area contributed by atoms with E-state index in [1.165, 1.54) is 12.5 Å². The minimum absolute atomic E-state index is 0.108. The lowest BCUT2D eigenvalue weighted by Gasteiger charge is -2.31. The summed E-state index contributed by atoms with van der Waals surface area (Å²) < 4.78 is 19.8. The molecule has 0 saturated heterocycles. The Hall–Kier alpha value is -1.58. The number of ether oxygens (including phenoxy) is 1. The normalized spacial score (nSPS) is 23.1. The summed E-state index contributed by atoms with van der Waals surface area (Å²) in [6.07, 6.45) is 5.72. The molecule has 1 saturated carbocycles. The minimum atomic E-state index is -0.437. The number of hydrogen-bond donors (Lipinski definition) is 2. The number of nitrogens with one attached hydrogen (secondary N) is 1. The van der Waals surface area contributed by atoms with Gasteiger partial charge in [0, 0.05) is 5.56 Å². The van der Waals surface area contributed by atoms with Gasteiger partial charge in [-0.3, -0.25) is 5.41 Å². The Bertz CT molecular complexity index is 461. The number of rotatable bonds is 4. The summed E-state index contributed by atoms with van der Waals surface area (Å²) in [5.74, 6) is 0.221. The van der Waals surface area contributed by atoms with Gasteiger partial charge in [0.2, 0.25) is 0 Å². The van der Waals surface area contributed by atoms with Crippen LogP contribution in [0.25, 0.3) is 0 Å². The molecule has 0 amide bonds. The molecule has 1 aliphatic carbocycles. The Morgan fingerprint density at radius 3 is 2.79 bits per heavy atom. The maximum absolute atomic E-state index is 13.9. The highest BCUT2D eigenvalue weighted by Crippen LogP contribution is 2.31.